The van der Waals surface area contributed by atoms with Crippen LogP contribution in [0.1, 0.15) is 20.3 Å². The van der Waals surface area contributed by atoms with E-state index in [1.807, 2.05) is 0 Å². The van der Waals surface area contributed by atoms with Gasteiger partial charge in [-0.1, -0.05) is 23.2 Å². The third kappa shape index (κ3) is 6.09. The lowest BCUT2D eigenvalue weighted by molar-refractivity contribution is -0.146. The number of aliphatic hydroxyl groups is 1. The van der Waals surface area contributed by atoms with E-state index in [1.54, 1.807) is 56.3 Å². The predicted octanol–water partition coefficient (Wildman–Crippen LogP) is 4.87. The van der Waals surface area contributed by atoms with Crippen molar-refractivity contribution in [2.24, 2.45) is 0 Å². The molecule has 0 fully saturated rings. The number of rotatable bonds is 8. The fraction of sp³-hybridized carbons (Fsp3) is 0.316. The van der Waals surface area contributed by atoms with Gasteiger partial charge in [-0.3, -0.25) is 4.79 Å². The molecule has 0 saturated carbocycles. The normalized spacial score (nSPS) is 13.0. The maximum atomic E-state index is 11.4. The fourth-order valence-corrected chi connectivity index (χ4v) is 2.57. The van der Waals surface area contributed by atoms with Crippen LogP contribution in [-0.2, 0) is 9.53 Å². The number of benzene rings is 2. The Morgan fingerprint density at radius 2 is 1.77 bits per heavy atom. The Hall–Kier alpha value is -1.95. The molecule has 2 atom stereocenters. The molecule has 7 heteroatoms. The van der Waals surface area contributed by atoms with Gasteiger partial charge in [0.25, 0.3) is 0 Å². The van der Waals surface area contributed by atoms with E-state index in [9.17, 15) is 9.90 Å². The minimum Gasteiger partial charge on any atom is -0.488 e. The van der Waals surface area contributed by atoms with Crippen LogP contribution in [0.5, 0.6) is 17.2 Å². The zero-order valence-electron chi connectivity index (χ0n) is 14.4. The standard InChI is InChI=1S/C19H20Cl2O5/c1-3-24-19(23)11-17(22)12(2)25-14-5-7-15(8-6-14)26-18-9-4-13(20)10-16(18)21/h4-10,12,17,22H,3,11H2,1-2H3. The smallest absolute Gasteiger partial charge is 0.308 e. The molecule has 26 heavy (non-hydrogen) atoms. The Kier molecular flexibility index (Phi) is 7.57. The number of esters is 1. The first-order valence-corrected chi connectivity index (χ1v) is 8.88. The lowest BCUT2D eigenvalue weighted by Gasteiger charge is -2.20. The van der Waals surface area contributed by atoms with Gasteiger partial charge in [0.15, 0.2) is 0 Å². The quantitative estimate of drug-likeness (QED) is 0.642. The van der Waals surface area contributed by atoms with Crippen molar-refractivity contribution in [3.05, 3.63) is 52.5 Å². The zero-order chi connectivity index (χ0) is 19.1. The van der Waals surface area contributed by atoms with Crippen molar-refractivity contribution < 1.29 is 24.1 Å². The van der Waals surface area contributed by atoms with Crippen LogP contribution < -0.4 is 9.47 Å². The molecule has 2 aromatic rings. The average Bonchev–Trinajstić information content (AvgIpc) is 2.59. The van der Waals surface area contributed by atoms with Crippen LogP contribution in [-0.4, -0.2) is 29.9 Å². The summed E-state index contributed by atoms with van der Waals surface area (Å²) < 4.78 is 16.1. The van der Waals surface area contributed by atoms with Crippen LogP contribution >= 0.6 is 23.2 Å². The van der Waals surface area contributed by atoms with Crippen LogP contribution in [0.2, 0.25) is 10.0 Å². The van der Waals surface area contributed by atoms with E-state index in [4.69, 9.17) is 37.4 Å². The van der Waals surface area contributed by atoms with Crippen LogP contribution in [0.25, 0.3) is 0 Å². The van der Waals surface area contributed by atoms with Crippen molar-refractivity contribution in [3.8, 4) is 17.2 Å². The number of ether oxygens (including phenoxy) is 3. The minimum atomic E-state index is -0.960. The molecule has 0 aliphatic heterocycles. The van der Waals surface area contributed by atoms with Crippen LogP contribution in [0.15, 0.2) is 42.5 Å². The fourth-order valence-electron chi connectivity index (χ4n) is 2.12. The summed E-state index contributed by atoms with van der Waals surface area (Å²) in [5.41, 5.74) is 0. The highest BCUT2D eigenvalue weighted by Gasteiger charge is 2.20. The van der Waals surface area contributed by atoms with Crippen molar-refractivity contribution in [1.82, 2.24) is 0 Å². The van der Waals surface area contributed by atoms with Gasteiger partial charge in [0.2, 0.25) is 0 Å². The average molecular weight is 399 g/mol. The van der Waals surface area contributed by atoms with E-state index < -0.39 is 18.2 Å². The Morgan fingerprint density at radius 3 is 2.38 bits per heavy atom. The molecule has 140 valence electrons. The van der Waals surface area contributed by atoms with Gasteiger partial charge in [0.1, 0.15) is 29.5 Å². The molecule has 0 aliphatic rings. The summed E-state index contributed by atoms with van der Waals surface area (Å²) >= 11 is 11.9. The van der Waals surface area contributed by atoms with Crippen LogP contribution in [0.3, 0.4) is 0 Å². The van der Waals surface area contributed by atoms with Crippen LogP contribution in [0, 0.1) is 0 Å². The Labute approximate surface area is 162 Å². The molecule has 0 radical (unpaired) electrons. The van der Waals surface area contributed by atoms with E-state index in [-0.39, 0.29) is 13.0 Å². The summed E-state index contributed by atoms with van der Waals surface area (Å²) in [6, 6.07) is 11.8. The molecule has 1 N–H and O–H groups in total. The van der Waals surface area contributed by atoms with Crippen molar-refractivity contribution >= 4 is 29.2 Å². The first kappa shape index (κ1) is 20.4. The molecular formula is C19H20Cl2O5. The Morgan fingerprint density at radius 1 is 1.12 bits per heavy atom. The van der Waals surface area contributed by atoms with Crippen LogP contribution in [0.4, 0.5) is 0 Å². The van der Waals surface area contributed by atoms with E-state index in [0.717, 1.165) is 0 Å². The number of carbonyl (C=O) groups is 1. The highest BCUT2D eigenvalue weighted by molar-refractivity contribution is 6.35. The number of hydrogen-bond acceptors (Lipinski definition) is 5. The van der Waals surface area contributed by atoms with Crippen molar-refractivity contribution in [1.29, 1.82) is 0 Å². The van der Waals surface area contributed by atoms with E-state index in [0.29, 0.717) is 27.3 Å². The molecule has 2 aromatic carbocycles. The summed E-state index contributed by atoms with van der Waals surface area (Å²) in [6.07, 6.45) is -1.65. The molecule has 5 nitrogen and oxygen atoms in total. The number of aliphatic hydroxyl groups excluding tert-OH is 1. The molecule has 0 saturated heterocycles. The molecule has 0 bridgehead atoms. The van der Waals surface area contributed by atoms with Gasteiger partial charge in [0, 0.05) is 5.02 Å². The summed E-state index contributed by atoms with van der Waals surface area (Å²) in [5, 5.41) is 10.9. The largest absolute Gasteiger partial charge is 0.488 e. The maximum Gasteiger partial charge on any atom is 0.308 e. The van der Waals surface area contributed by atoms with Gasteiger partial charge < -0.3 is 19.3 Å². The molecular weight excluding hydrogens is 379 g/mol. The summed E-state index contributed by atoms with van der Waals surface area (Å²) in [6.45, 7) is 3.67. The number of hydrogen-bond donors (Lipinski definition) is 1. The summed E-state index contributed by atoms with van der Waals surface area (Å²) in [4.78, 5) is 11.4. The highest BCUT2D eigenvalue weighted by Crippen LogP contribution is 2.32. The summed E-state index contributed by atoms with van der Waals surface area (Å²) in [5.74, 6) is 1.14. The monoisotopic (exact) mass is 398 g/mol. The van der Waals surface area contributed by atoms with Gasteiger partial charge in [-0.05, 0) is 56.3 Å². The molecule has 2 unspecified atom stereocenters. The zero-order valence-corrected chi connectivity index (χ0v) is 16.0. The second-order valence-electron chi connectivity index (χ2n) is 5.55. The van der Waals surface area contributed by atoms with Crippen molar-refractivity contribution in [2.75, 3.05) is 6.61 Å². The predicted molar refractivity (Wildman–Crippen MR) is 100 cm³/mol. The number of carbonyl (C=O) groups excluding carboxylic acids is 1. The molecule has 0 aromatic heterocycles. The Balaban J connectivity index is 1.93. The lowest BCUT2D eigenvalue weighted by atomic mass is 10.1. The third-order valence-electron chi connectivity index (χ3n) is 3.49. The third-order valence-corrected chi connectivity index (χ3v) is 4.02. The van der Waals surface area contributed by atoms with E-state index in [2.05, 4.69) is 0 Å². The van der Waals surface area contributed by atoms with Crippen molar-refractivity contribution in [3.63, 3.8) is 0 Å². The highest BCUT2D eigenvalue weighted by atomic mass is 35.5. The Bertz CT molecular complexity index is 733. The summed E-state index contributed by atoms with van der Waals surface area (Å²) in [7, 11) is 0. The molecule has 0 heterocycles. The first-order valence-electron chi connectivity index (χ1n) is 8.12. The number of halogens is 2. The second-order valence-corrected chi connectivity index (χ2v) is 6.39. The SMILES string of the molecule is CCOC(=O)CC(O)C(C)Oc1ccc(Oc2ccc(Cl)cc2Cl)cc1. The van der Waals surface area contributed by atoms with Gasteiger partial charge >= 0.3 is 5.97 Å². The molecule has 0 aliphatic carbocycles. The maximum absolute atomic E-state index is 11.4. The van der Waals surface area contributed by atoms with Gasteiger partial charge in [-0.15, -0.1) is 0 Å². The second kappa shape index (κ2) is 9.67. The van der Waals surface area contributed by atoms with E-state index in [1.165, 1.54) is 0 Å². The van der Waals surface area contributed by atoms with Gasteiger partial charge in [0.05, 0.1) is 18.1 Å². The molecule has 0 amide bonds. The minimum absolute atomic E-state index is 0.120. The first-order chi connectivity index (χ1) is 12.4. The topological polar surface area (TPSA) is 65.0 Å². The molecule has 0 spiro atoms. The van der Waals surface area contributed by atoms with Gasteiger partial charge in [-0.2, -0.15) is 0 Å². The molecule has 2 rings (SSSR count). The van der Waals surface area contributed by atoms with Crippen molar-refractivity contribution in [2.45, 2.75) is 32.5 Å². The van der Waals surface area contributed by atoms with Gasteiger partial charge in [-0.25, -0.2) is 0 Å². The van der Waals surface area contributed by atoms with E-state index >= 15 is 0 Å². The lowest BCUT2D eigenvalue weighted by Crippen LogP contribution is -2.31.